The van der Waals surface area contributed by atoms with Crippen LogP contribution in [0.1, 0.15) is 40.3 Å². The van der Waals surface area contributed by atoms with Crippen molar-refractivity contribution in [3.8, 4) is 5.82 Å². The van der Waals surface area contributed by atoms with E-state index in [0.717, 1.165) is 12.1 Å². The minimum atomic E-state index is -1.05. The van der Waals surface area contributed by atoms with E-state index in [2.05, 4.69) is 10.5 Å². The Balaban J connectivity index is 1.84. The first-order chi connectivity index (χ1) is 12.4. The number of carboxylic acids is 1. The normalized spacial score (nSPS) is 18.5. The molecule has 0 saturated carbocycles. The van der Waals surface area contributed by atoms with Crippen LogP contribution in [0.15, 0.2) is 16.7 Å². The number of hydrogen-bond donors (Lipinski definition) is 2. The molecule has 8 heteroatoms. The van der Waals surface area contributed by atoms with E-state index in [4.69, 9.17) is 9.26 Å². The number of rotatable bonds is 5. The molecule has 2 aromatic heterocycles. The van der Waals surface area contributed by atoms with Gasteiger partial charge in [0.1, 0.15) is 11.8 Å². The summed E-state index contributed by atoms with van der Waals surface area (Å²) in [5.74, 6) is -0.432. The van der Waals surface area contributed by atoms with Crippen molar-refractivity contribution in [2.75, 3.05) is 13.2 Å². The number of nitrogens with zero attached hydrogens (tertiary/aromatic N) is 2. The van der Waals surface area contributed by atoms with Crippen LogP contribution in [-0.2, 0) is 9.53 Å². The lowest BCUT2D eigenvalue weighted by Crippen LogP contribution is -2.48. The maximum atomic E-state index is 12.8. The number of carboxylic acid groups (broad SMARTS) is 1. The fourth-order valence-corrected chi connectivity index (χ4v) is 3.43. The van der Waals surface area contributed by atoms with Gasteiger partial charge in [0.25, 0.3) is 5.91 Å². The molecule has 1 saturated heterocycles. The molecule has 2 aromatic rings. The molecule has 1 amide bonds. The minimum absolute atomic E-state index is 0.230. The van der Waals surface area contributed by atoms with E-state index >= 15 is 0 Å². The van der Waals surface area contributed by atoms with Gasteiger partial charge in [0.15, 0.2) is 5.82 Å². The summed E-state index contributed by atoms with van der Waals surface area (Å²) in [6, 6.07) is 2.53. The van der Waals surface area contributed by atoms with Crippen LogP contribution in [0.4, 0.5) is 0 Å². The first kappa shape index (κ1) is 18.2. The monoisotopic (exact) mass is 361 g/mol. The zero-order valence-corrected chi connectivity index (χ0v) is 15.1. The van der Waals surface area contributed by atoms with E-state index in [0.29, 0.717) is 42.5 Å². The van der Waals surface area contributed by atoms with Crippen LogP contribution in [0.3, 0.4) is 0 Å². The average Bonchev–Trinajstić information content (AvgIpc) is 3.15. The molecule has 2 unspecified atom stereocenters. The smallest absolute Gasteiger partial charge is 0.326 e. The minimum Gasteiger partial charge on any atom is -0.480 e. The molecule has 1 aliphatic rings. The Morgan fingerprint density at radius 2 is 2.12 bits per heavy atom. The number of carbonyl (C=O) groups is 2. The van der Waals surface area contributed by atoms with Gasteiger partial charge in [0.2, 0.25) is 0 Å². The number of nitrogens with one attached hydrogen (secondary N) is 1. The number of ether oxygens (including phenoxy) is 1. The lowest BCUT2D eigenvalue weighted by molar-refractivity contribution is -0.142. The summed E-state index contributed by atoms with van der Waals surface area (Å²) in [6.45, 7) is 6.42. The standard InChI is InChI=1S/C18H23N3O5/c1-10-7-14(12(3)21(10)15-8-11(2)26-20-15)17(22)19-16(18(23)24)13-5-4-6-25-9-13/h7-8,13,16H,4-6,9H2,1-3H3,(H,19,22)(H,23,24). The fraction of sp³-hybridized carbons (Fsp3) is 0.500. The Hall–Kier alpha value is -2.61. The molecule has 140 valence electrons. The quantitative estimate of drug-likeness (QED) is 0.844. The molecule has 0 aromatic carbocycles. The second-order valence-electron chi connectivity index (χ2n) is 6.68. The third kappa shape index (κ3) is 3.50. The molecule has 2 N–H and O–H groups in total. The van der Waals surface area contributed by atoms with Crippen molar-refractivity contribution in [3.05, 3.63) is 34.8 Å². The predicted molar refractivity (Wildman–Crippen MR) is 92.5 cm³/mol. The van der Waals surface area contributed by atoms with Gasteiger partial charge in [-0.25, -0.2) is 4.79 Å². The Morgan fingerprint density at radius 3 is 2.69 bits per heavy atom. The molecule has 2 atom stereocenters. The molecule has 8 nitrogen and oxygen atoms in total. The summed E-state index contributed by atoms with van der Waals surface area (Å²) in [5, 5.41) is 16.2. The highest BCUT2D eigenvalue weighted by Crippen LogP contribution is 2.22. The highest BCUT2D eigenvalue weighted by Gasteiger charge is 2.32. The first-order valence-corrected chi connectivity index (χ1v) is 8.62. The summed E-state index contributed by atoms with van der Waals surface area (Å²) >= 11 is 0. The lowest BCUT2D eigenvalue weighted by Gasteiger charge is -2.28. The fourth-order valence-electron chi connectivity index (χ4n) is 3.43. The van der Waals surface area contributed by atoms with Gasteiger partial charge in [0, 0.05) is 30.0 Å². The Labute approximate surface area is 151 Å². The third-order valence-electron chi connectivity index (χ3n) is 4.74. The van der Waals surface area contributed by atoms with Crippen LogP contribution >= 0.6 is 0 Å². The van der Waals surface area contributed by atoms with Gasteiger partial charge in [0.05, 0.1) is 12.2 Å². The summed E-state index contributed by atoms with van der Waals surface area (Å²) in [6.07, 6.45) is 1.51. The van der Waals surface area contributed by atoms with Crippen molar-refractivity contribution in [2.45, 2.75) is 39.7 Å². The van der Waals surface area contributed by atoms with Gasteiger partial charge < -0.3 is 19.7 Å². The topological polar surface area (TPSA) is 107 Å². The average molecular weight is 361 g/mol. The molecule has 0 aliphatic carbocycles. The number of hydrogen-bond acceptors (Lipinski definition) is 5. The van der Waals surface area contributed by atoms with Crippen molar-refractivity contribution in [1.82, 2.24) is 15.0 Å². The lowest BCUT2D eigenvalue weighted by atomic mass is 9.93. The molecule has 1 fully saturated rings. The summed E-state index contributed by atoms with van der Waals surface area (Å²) in [4.78, 5) is 24.4. The maximum Gasteiger partial charge on any atom is 0.326 e. The number of aliphatic carboxylic acids is 1. The van der Waals surface area contributed by atoms with Crippen LogP contribution < -0.4 is 5.32 Å². The van der Waals surface area contributed by atoms with Crippen LogP contribution in [0.2, 0.25) is 0 Å². The second kappa shape index (κ2) is 7.33. The molecule has 0 spiro atoms. The van der Waals surface area contributed by atoms with Crippen LogP contribution in [0, 0.1) is 26.7 Å². The maximum absolute atomic E-state index is 12.8. The van der Waals surface area contributed by atoms with Gasteiger partial charge >= 0.3 is 5.97 Å². The van der Waals surface area contributed by atoms with Crippen molar-refractivity contribution < 1.29 is 24.0 Å². The summed E-state index contributed by atoms with van der Waals surface area (Å²) in [5.41, 5.74) is 1.91. The Bertz CT molecular complexity index is 817. The molecule has 1 aliphatic heterocycles. The second-order valence-corrected chi connectivity index (χ2v) is 6.68. The molecule has 26 heavy (non-hydrogen) atoms. The van der Waals surface area contributed by atoms with E-state index in [-0.39, 0.29) is 5.92 Å². The third-order valence-corrected chi connectivity index (χ3v) is 4.74. The Kier molecular flexibility index (Phi) is 5.13. The van der Waals surface area contributed by atoms with E-state index in [1.807, 2.05) is 11.5 Å². The SMILES string of the molecule is Cc1cc(-n2c(C)cc(C(=O)NC(C(=O)O)C3CCCOC3)c2C)no1. The number of amides is 1. The van der Waals surface area contributed by atoms with Crippen molar-refractivity contribution in [3.63, 3.8) is 0 Å². The van der Waals surface area contributed by atoms with Gasteiger partial charge in [-0.1, -0.05) is 5.16 Å². The van der Waals surface area contributed by atoms with Gasteiger partial charge in [-0.15, -0.1) is 0 Å². The summed E-state index contributed by atoms with van der Waals surface area (Å²) < 4.78 is 12.3. The predicted octanol–water partition coefficient (Wildman–Crippen LogP) is 2.00. The number of carbonyl (C=O) groups excluding carboxylic acids is 1. The van der Waals surface area contributed by atoms with Crippen LogP contribution in [-0.4, -0.2) is 46.0 Å². The number of aryl methyl sites for hydroxylation is 2. The van der Waals surface area contributed by atoms with Crippen molar-refractivity contribution in [1.29, 1.82) is 0 Å². The Morgan fingerprint density at radius 1 is 1.35 bits per heavy atom. The number of aromatic nitrogens is 2. The van der Waals surface area contributed by atoms with Gasteiger partial charge in [-0.3, -0.25) is 9.36 Å². The largest absolute Gasteiger partial charge is 0.480 e. The molecular formula is C18H23N3O5. The zero-order chi connectivity index (χ0) is 18.8. The van der Waals surface area contributed by atoms with Gasteiger partial charge in [-0.05, 0) is 39.7 Å². The van der Waals surface area contributed by atoms with Gasteiger partial charge in [-0.2, -0.15) is 0 Å². The van der Waals surface area contributed by atoms with E-state index in [9.17, 15) is 14.7 Å². The molecule has 3 heterocycles. The highest BCUT2D eigenvalue weighted by atomic mass is 16.5. The summed E-state index contributed by atoms with van der Waals surface area (Å²) in [7, 11) is 0. The van der Waals surface area contributed by atoms with Crippen molar-refractivity contribution in [2.24, 2.45) is 5.92 Å². The van der Waals surface area contributed by atoms with Crippen LogP contribution in [0.25, 0.3) is 5.82 Å². The molecule has 0 radical (unpaired) electrons. The van der Waals surface area contributed by atoms with Crippen LogP contribution in [0.5, 0.6) is 0 Å². The molecular weight excluding hydrogens is 338 g/mol. The first-order valence-electron chi connectivity index (χ1n) is 8.62. The highest BCUT2D eigenvalue weighted by molar-refractivity contribution is 5.98. The van der Waals surface area contributed by atoms with E-state index < -0.39 is 17.9 Å². The van der Waals surface area contributed by atoms with E-state index in [1.165, 1.54) is 0 Å². The van der Waals surface area contributed by atoms with E-state index in [1.54, 1.807) is 26.0 Å². The zero-order valence-electron chi connectivity index (χ0n) is 15.1. The molecule has 0 bridgehead atoms. The molecule has 3 rings (SSSR count). The van der Waals surface area contributed by atoms with Crippen molar-refractivity contribution >= 4 is 11.9 Å².